The molecule has 0 saturated heterocycles. The Morgan fingerprint density at radius 1 is 0.775 bits per heavy atom. The van der Waals surface area contributed by atoms with Gasteiger partial charge in [-0.1, -0.05) is 42.0 Å². The van der Waals surface area contributed by atoms with Gasteiger partial charge in [0.2, 0.25) is 11.7 Å². The molecule has 0 aliphatic heterocycles. The third-order valence-electron chi connectivity index (χ3n) is 5.64. The number of hydrogen-bond donors (Lipinski definition) is 1. The molecule has 3 aromatic carbocycles. The summed E-state index contributed by atoms with van der Waals surface area (Å²) in [5.41, 5.74) is 1.88. The highest BCUT2D eigenvalue weighted by molar-refractivity contribution is 6.00. The number of benzene rings is 3. The molecule has 0 aliphatic carbocycles. The van der Waals surface area contributed by atoms with Gasteiger partial charge in [-0.15, -0.1) is 0 Å². The zero-order valence-electron chi connectivity index (χ0n) is 21.6. The van der Waals surface area contributed by atoms with Gasteiger partial charge in [-0.05, 0) is 37.6 Å². The Morgan fingerprint density at radius 2 is 1.40 bits per heavy atom. The molecule has 0 atom stereocenters. The lowest BCUT2D eigenvalue weighted by molar-refractivity contribution is -0.384. The van der Waals surface area contributed by atoms with Gasteiger partial charge in [0.05, 0.1) is 10.5 Å². The van der Waals surface area contributed by atoms with Crippen molar-refractivity contribution >= 4 is 40.8 Å². The van der Waals surface area contributed by atoms with Crippen molar-refractivity contribution in [3.05, 3.63) is 105 Å². The summed E-state index contributed by atoms with van der Waals surface area (Å²) in [7, 11) is 0. The van der Waals surface area contributed by atoms with E-state index < -0.39 is 35.9 Å². The summed E-state index contributed by atoms with van der Waals surface area (Å²) >= 11 is 0. The van der Waals surface area contributed by atoms with Gasteiger partial charge in [-0.25, -0.2) is 4.79 Å². The summed E-state index contributed by atoms with van der Waals surface area (Å²) in [5, 5.41) is 13.5. The number of Topliss-reactive ketones (excluding diaryl/α,β-unsaturated/α-hetero) is 2. The Balaban J connectivity index is 1.35. The second-order valence-corrected chi connectivity index (χ2v) is 8.74. The number of ether oxygens (including phenoxy) is 2. The van der Waals surface area contributed by atoms with E-state index in [1.807, 2.05) is 6.92 Å². The quantitative estimate of drug-likeness (QED) is 0.141. The first-order valence-corrected chi connectivity index (χ1v) is 12.2. The maximum Gasteiger partial charge on any atom is 0.338 e. The van der Waals surface area contributed by atoms with Gasteiger partial charge in [0.25, 0.3) is 5.69 Å². The summed E-state index contributed by atoms with van der Waals surface area (Å²) < 4.78 is 9.98. The molecular weight excluding hydrogens is 520 g/mol. The molecule has 3 aromatic rings. The number of carbonyl (C=O) groups is 5. The fourth-order valence-electron chi connectivity index (χ4n) is 3.44. The molecule has 0 saturated carbocycles. The van der Waals surface area contributed by atoms with Crippen LogP contribution in [0, 0.1) is 17.0 Å². The minimum atomic E-state index is -0.685. The normalized spacial score (nSPS) is 10.3. The van der Waals surface area contributed by atoms with Crippen molar-refractivity contribution in [2.45, 2.75) is 26.2 Å². The highest BCUT2D eigenvalue weighted by atomic mass is 16.6. The molecule has 11 heteroatoms. The number of aryl methyl sites for hydroxylation is 1. The lowest BCUT2D eigenvalue weighted by Crippen LogP contribution is -2.16. The molecule has 0 bridgehead atoms. The van der Waals surface area contributed by atoms with Gasteiger partial charge < -0.3 is 14.8 Å². The first-order valence-electron chi connectivity index (χ1n) is 12.2. The number of ketones is 2. The van der Waals surface area contributed by atoms with Crippen LogP contribution in [0.1, 0.15) is 55.9 Å². The molecule has 1 N–H and O–H groups in total. The number of nitrogens with one attached hydrogen (secondary N) is 1. The van der Waals surface area contributed by atoms with E-state index >= 15 is 0 Å². The smallest absolute Gasteiger partial charge is 0.338 e. The van der Waals surface area contributed by atoms with Crippen molar-refractivity contribution in [1.82, 2.24) is 0 Å². The van der Waals surface area contributed by atoms with Crippen molar-refractivity contribution in [2.75, 3.05) is 18.5 Å². The molecule has 0 aromatic heterocycles. The fourth-order valence-corrected chi connectivity index (χ4v) is 3.44. The maximum atomic E-state index is 12.2. The number of nitrogens with zero attached hydrogens (tertiary/aromatic N) is 1. The minimum Gasteiger partial charge on any atom is -0.457 e. The highest BCUT2D eigenvalue weighted by Crippen LogP contribution is 2.15. The third-order valence-corrected chi connectivity index (χ3v) is 5.64. The molecule has 0 unspecified atom stereocenters. The average molecular weight is 547 g/mol. The number of carbonyl (C=O) groups excluding carboxylic acids is 5. The van der Waals surface area contributed by atoms with E-state index in [9.17, 15) is 34.1 Å². The molecule has 40 heavy (non-hydrogen) atoms. The number of esters is 2. The molecule has 3 rings (SSSR count). The number of non-ortho nitro benzene ring substituents is 1. The molecule has 0 radical (unpaired) electrons. The molecule has 206 valence electrons. The van der Waals surface area contributed by atoms with Gasteiger partial charge >= 0.3 is 11.9 Å². The van der Waals surface area contributed by atoms with Gasteiger partial charge in [0.15, 0.2) is 19.0 Å². The fraction of sp³-hybridized carbons (Fsp3) is 0.207. The molecule has 11 nitrogen and oxygen atoms in total. The third kappa shape index (κ3) is 8.98. The Hall–Kier alpha value is -5.19. The zero-order chi connectivity index (χ0) is 29.1. The number of anilines is 1. The van der Waals surface area contributed by atoms with E-state index in [2.05, 4.69) is 5.32 Å². The number of nitro groups is 1. The first kappa shape index (κ1) is 29.4. The van der Waals surface area contributed by atoms with Crippen molar-refractivity contribution < 1.29 is 38.4 Å². The predicted octanol–water partition coefficient (Wildman–Crippen LogP) is 4.48. The van der Waals surface area contributed by atoms with Crippen LogP contribution in [-0.2, 0) is 19.1 Å². The van der Waals surface area contributed by atoms with Crippen LogP contribution in [-0.4, -0.2) is 47.5 Å². The lowest BCUT2D eigenvalue weighted by Gasteiger charge is -2.08. The van der Waals surface area contributed by atoms with E-state index in [1.54, 1.807) is 24.3 Å². The van der Waals surface area contributed by atoms with Gasteiger partial charge in [-0.2, -0.15) is 0 Å². The Kier molecular flexibility index (Phi) is 10.4. The Labute approximate surface area is 229 Å². The molecule has 0 aliphatic rings. The summed E-state index contributed by atoms with van der Waals surface area (Å²) in [4.78, 5) is 70.8. The second kappa shape index (κ2) is 14.1. The highest BCUT2D eigenvalue weighted by Gasteiger charge is 2.15. The van der Waals surface area contributed by atoms with Crippen molar-refractivity contribution in [1.29, 1.82) is 0 Å². The summed E-state index contributed by atoms with van der Waals surface area (Å²) in [6, 6.07) is 17.9. The van der Waals surface area contributed by atoms with Gasteiger partial charge in [0.1, 0.15) is 0 Å². The molecular formula is C29H26N2O9. The van der Waals surface area contributed by atoms with E-state index in [0.717, 1.165) is 11.6 Å². The number of amides is 1. The summed E-state index contributed by atoms with van der Waals surface area (Å²) in [6.45, 7) is 0.934. The standard InChI is InChI=1S/C29H26N2O9/c1-19-8-10-20(11-9-19)25(32)18-40-29(36)21-12-14-23(15-13-21)30-27(34)6-3-7-28(35)39-17-26(33)22-4-2-5-24(16-22)31(37)38/h2,4-5,8-16H,3,6-7,17-18H2,1H3,(H,30,34). The Bertz CT molecular complexity index is 1410. The van der Waals surface area contributed by atoms with Crippen LogP contribution in [0.5, 0.6) is 0 Å². The average Bonchev–Trinajstić information content (AvgIpc) is 2.95. The lowest BCUT2D eigenvalue weighted by atomic mass is 10.1. The van der Waals surface area contributed by atoms with Crippen molar-refractivity contribution in [3.8, 4) is 0 Å². The number of nitro benzene ring substituents is 1. The first-order chi connectivity index (χ1) is 19.1. The largest absolute Gasteiger partial charge is 0.457 e. The van der Waals surface area contributed by atoms with E-state index in [1.165, 1.54) is 42.5 Å². The monoisotopic (exact) mass is 546 g/mol. The van der Waals surface area contributed by atoms with Crippen LogP contribution in [0.2, 0.25) is 0 Å². The van der Waals surface area contributed by atoms with E-state index in [4.69, 9.17) is 9.47 Å². The maximum absolute atomic E-state index is 12.2. The SMILES string of the molecule is Cc1ccc(C(=O)COC(=O)c2ccc(NC(=O)CCCC(=O)OCC(=O)c3cccc([N+](=O)[O-])c3)cc2)cc1. The van der Waals surface area contributed by atoms with Gasteiger partial charge in [0, 0.05) is 41.8 Å². The van der Waals surface area contributed by atoms with Crippen LogP contribution in [0.3, 0.4) is 0 Å². The van der Waals surface area contributed by atoms with Crippen LogP contribution in [0.25, 0.3) is 0 Å². The summed E-state index contributed by atoms with van der Waals surface area (Å²) in [6.07, 6.45) is 0.0512. The van der Waals surface area contributed by atoms with E-state index in [0.29, 0.717) is 11.3 Å². The van der Waals surface area contributed by atoms with Crippen molar-refractivity contribution in [2.24, 2.45) is 0 Å². The van der Waals surface area contributed by atoms with Crippen molar-refractivity contribution in [3.63, 3.8) is 0 Å². The number of hydrogen-bond acceptors (Lipinski definition) is 9. The predicted molar refractivity (Wildman–Crippen MR) is 143 cm³/mol. The van der Waals surface area contributed by atoms with Crippen LogP contribution < -0.4 is 5.32 Å². The molecule has 1 amide bonds. The second-order valence-electron chi connectivity index (χ2n) is 8.74. The number of rotatable bonds is 13. The zero-order valence-corrected chi connectivity index (χ0v) is 21.6. The molecule has 0 heterocycles. The molecule has 0 fully saturated rings. The van der Waals surface area contributed by atoms with E-state index in [-0.39, 0.29) is 47.8 Å². The topological polar surface area (TPSA) is 159 Å². The van der Waals surface area contributed by atoms with Crippen LogP contribution in [0.4, 0.5) is 11.4 Å². The summed E-state index contributed by atoms with van der Waals surface area (Å²) in [5.74, 6) is -2.65. The van der Waals surface area contributed by atoms with Crippen LogP contribution in [0.15, 0.2) is 72.8 Å². The van der Waals surface area contributed by atoms with Gasteiger partial charge in [-0.3, -0.25) is 29.3 Å². The Morgan fingerprint density at radius 3 is 2.08 bits per heavy atom. The molecule has 0 spiro atoms. The minimum absolute atomic E-state index is 0.00115. The van der Waals surface area contributed by atoms with Crippen LogP contribution >= 0.6 is 0 Å².